The van der Waals surface area contributed by atoms with Gasteiger partial charge in [-0.2, -0.15) is 0 Å². The number of ether oxygens (including phenoxy) is 1. The van der Waals surface area contributed by atoms with E-state index in [0.717, 1.165) is 31.6 Å². The SMILES string of the molecule is CCCNC(COCCC)C(C)(C)c1ccc(F)cc1. The summed E-state index contributed by atoms with van der Waals surface area (Å²) in [7, 11) is 0. The van der Waals surface area contributed by atoms with E-state index in [1.165, 1.54) is 12.1 Å². The predicted octanol–water partition coefficient (Wildman–Crippen LogP) is 3.90. The first kappa shape index (κ1) is 17.1. The molecule has 0 heterocycles. The maximum atomic E-state index is 13.1. The second-order valence-corrected chi connectivity index (χ2v) is 5.81. The van der Waals surface area contributed by atoms with Gasteiger partial charge in [0.1, 0.15) is 5.82 Å². The minimum atomic E-state index is -0.190. The van der Waals surface area contributed by atoms with Crippen LogP contribution >= 0.6 is 0 Å². The van der Waals surface area contributed by atoms with Crippen molar-refractivity contribution in [1.82, 2.24) is 5.32 Å². The van der Waals surface area contributed by atoms with Gasteiger partial charge in [-0.3, -0.25) is 0 Å². The van der Waals surface area contributed by atoms with Gasteiger partial charge < -0.3 is 10.1 Å². The molecule has 20 heavy (non-hydrogen) atoms. The lowest BCUT2D eigenvalue weighted by Crippen LogP contribution is -2.48. The zero-order chi connectivity index (χ0) is 15.0. The molecule has 0 fully saturated rings. The van der Waals surface area contributed by atoms with Gasteiger partial charge in [-0.1, -0.05) is 39.8 Å². The second kappa shape index (κ2) is 8.38. The smallest absolute Gasteiger partial charge is 0.123 e. The van der Waals surface area contributed by atoms with Crippen molar-refractivity contribution < 1.29 is 9.13 Å². The third-order valence-corrected chi connectivity index (χ3v) is 3.73. The van der Waals surface area contributed by atoms with Crippen molar-refractivity contribution in [3.05, 3.63) is 35.6 Å². The maximum Gasteiger partial charge on any atom is 0.123 e. The van der Waals surface area contributed by atoms with Crippen LogP contribution in [-0.2, 0) is 10.2 Å². The topological polar surface area (TPSA) is 21.3 Å². The summed E-state index contributed by atoms with van der Waals surface area (Å²) in [6.45, 7) is 11.1. The van der Waals surface area contributed by atoms with Crippen molar-refractivity contribution in [2.24, 2.45) is 0 Å². The molecule has 0 saturated heterocycles. The third-order valence-electron chi connectivity index (χ3n) is 3.73. The fourth-order valence-corrected chi connectivity index (χ4v) is 2.27. The lowest BCUT2D eigenvalue weighted by Gasteiger charge is -2.35. The number of rotatable bonds is 9. The van der Waals surface area contributed by atoms with E-state index in [4.69, 9.17) is 4.74 Å². The molecule has 0 amide bonds. The van der Waals surface area contributed by atoms with Crippen molar-refractivity contribution >= 4 is 0 Å². The van der Waals surface area contributed by atoms with Crippen molar-refractivity contribution in [2.45, 2.75) is 52.0 Å². The van der Waals surface area contributed by atoms with Crippen LogP contribution in [0.15, 0.2) is 24.3 Å². The highest BCUT2D eigenvalue weighted by Gasteiger charge is 2.31. The average molecular weight is 281 g/mol. The normalized spacial score (nSPS) is 13.4. The largest absolute Gasteiger partial charge is 0.380 e. The van der Waals surface area contributed by atoms with E-state index in [-0.39, 0.29) is 17.3 Å². The third kappa shape index (κ3) is 4.88. The van der Waals surface area contributed by atoms with Gasteiger partial charge in [-0.15, -0.1) is 0 Å². The fourth-order valence-electron chi connectivity index (χ4n) is 2.27. The van der Waals surface area contributed by atoms with Crippen molar-refractivity contribution in [3.63, 3.8) is 0 Å². The molecule has 1 aromatic rings. The summed E-state index contributed by atoms with van der Waals surface area (Å²) in [6.07, 6.45) is 2.11. The molecule has 2 nitrogen and oxygen atoms in total. The first-order valence-electron chi connectivity index (χ1n) is 7.59. The standard InChI is InChI=1S/C17H28FNO/c1-5-11-19-16(13-20-12-6-2)17(3,4)14-7-9-15(18)10-8-14/h7-10,16,19H,5-6,11-13H2,1-4H3. The van der Waals surface area contributed by atoms with Crippen LogP contribution in [0.2, 0.25) is 0 Å². The summed E-state index contributed by atoms with van der Waals surface area (Å²) >= 11 is 0. The van der Waals surface area contributed by atoms with Crippen LogP contribution in [0, 0.1) is 5.82 Å². The van der Waals surface area contributed by atoms with Crippen LogP contribution in [-0.4, -0.2) is 25.8 Å². The van der Waals surface area contributed by atoms with Crippen LogP contribution in [0.25, 0.3) is 0 Å². The van der Waals surface area contributed by atoms with Gasteiger partial charge in [0.25, 0.3) is 0 Å². The Balaban J connectivity index is 2.81. The fraction of sp³-hybridized carbons (Fsp3) is 0.647. The average Bonchev–Trinajstić information content (AvgIpc) is 2.43. The molecule has 0 spiro atoms. The Kier molecular flexibility index (Phi) is 7.17. The highest BCUT2D eigenvalue weighted by Crippen LogP contribution is 2.27. The van der Waals surface area contributed by atoms with Gasteiger partial charge in [0.15, 0.2) is 0 Å². The summed E-state index contributed by atoms with van der Waals surface area (Å²) in [5, 5.41) is 3.56. The maximum absolute atomic E-state index is 13.1. The summed E-state index contributed by atoms with van der Waals surface area (Å²) in [5.74, 6) is -0.190. The summed E-state index contributed by atoms with van der Waals surface area (Å²) in [4.78, 5) is 0. The monoisotopic (exact) mass is 281 g/mol. The van der Waals surface area contributed by atoms with Gasteiger partial charge in [0, 0.05) is 18.1 Å². The zero-order valence-electron chi connectivity index (χ0n) is 13.2. The van der Waals surface area contributed by atoms with E-state index < -0.39 is 0 Å². The van der Waals surface area contributed by atoms with Crippen LogP contribution in [0.4, 0.5) is 4.39 Å². The molecule has 0 saturated carbocycles. The molecular formula is C17H28FNO. The number of hydrogen-bond acceptors (Lipinski definition) is 2. The Morgan fingerprint density at radius 1 is 1.15 bits per heavy atom. The molecule has 0 aromatic heterocycles. The first-order valence-corrected chi connectivity index (χ1v) is 7.59. The molecule has 1 unspecified atom stereocenters. The zero-order valence-corrected chi connectivity index (χ0v) is 13.2. The minimum Gasteiger partial charge on any atom is -0.380 e. The highest BCUT2D eigenvalue weighted by molar-refractivity contribution is 5.26. The summed E-state index contributed by atoms with van der Waals surface area (Å²) in [5.41, 5.74) is 1.03. The van der Waals surface area contributed by atoms with E-state index in [0.29, 0.717) is 6.61 Å². The Morgan fingerprint density at radius 2 is 1.80 bits per heavy atom. The molecule has 1 rings (SSSR count). The molecule has 0 aliphatic carbocycles. The molecule has 0 bridgehead atoms. The Hall–Kier alpha value is -0.930. The molecule has 1 atom stereocenters. The Morgan fingerprint density at radius 3 is 2.35 bits per heavy atom. The Bertz CT molecular complexity index is 375. The van der Waals surface area contributed by atoms with Gasteiger partial charge in [0.2, 0.25) is 0 Å². The van der Waals surface area contributed by atoms with Crippen molar-refractivity contribution in [2.75, 3.05) is 19.8 Å². The highest BCUT2D eigenvalue weighted by atomic mass is 19.1. The minimum absolute atomic E-state index is 0.101. The van der Waals surface area contributed by atoms with Gasteiger partial charge in [-0.05, 0) is 37.1 Å². The quantitative estimate of drug-likeness (QED) is 0.693. The number of benzene rings is 1. The first-order chi connectivity index (χ1) is 9.52. The lowest BCUT2D eigenvalue weighted by atomic mass is 9.78. The van der Waals surface area contributed by atoms with Crippen LogP contribution in [0.5, 0.6) is 0 Å². The van der Waals surface area contributed by atoms with Crippen LogP contribution in [0.3, 0.4) is 0 Å². The number of hydrogen-bond donors (Lipinski definition) is 1. The van der Waals surface area contributed by atoms with E-state index in [9.17, 15) is 4.39 Å². The number of halogens is 1. The van der Waals surface area contributed by atoms with Crippen LogP contribution < -0.4 is 5.32 Å². The van der Waals surface area contributed by atoms with Crippen molar-refractivity contribution in [3.8, 4) is 0 Å². The van der Waals surface area contributed by atoms with Crippen LogP contribution in [0.1, 0.15) is 46.1 Å². The van der Waals surface area contributed by atoms with E-state index in [1.54, 1.807) is 0 Å². The summed E-state index contributed by atoms with van der Waals surface area (Å²) in [6, 6.07) is 7.02. The van der Waals surface area contributed by atoms with E-state index >= 15 is 0 Å². The second-order valence-electron chi connectivity index (χ2n) is 5.81. The molecule has 3 heteroatoms. The van der Waals surface area contributed by atoms with Crippen molar-refractivity contribution in [1.29, 1.82) is 0 Å². The van der Waals surface area contributed by atoms with Gasteiger partial charge in [0.05, 0.1) is 6.61 Å². The molecule has 0 aliphatic rings. The predicted molar refractivity (Wildman–Crippen MR) is 82.6 cm³/mol. The lowest BCUT2D eigenvalue weighted by molar-refractivity contribution is 0.0903. The van der Waals surface area contributed by atoms with Gasteiger partial charge >= 0.3 is 0 Å². The molecule has 0 radical (unpaired) electrons. The summed E-state index contributed by atoms with van der Waals surface area (Å²) < 4.78 is 18.8. The molecule has 0 aliphatic heterocycles. The molecule has 1 aromatic carbocycles. The van der Waals surface area contributed by atoms with Gasteiger partial charge in [-0.25, -0.2) is 4.39 Å². The molecule has 114 valence electrons. The Labute approximate surface area is 122 Å². The molecule has 1 N–H and O–H groups in total. The number of nitrogens with one attached hydrogen (secondary N) is 1. The van der Waals surface area contributed by atoms with E-state index in [1.807, 2.05) is 12.1 Å². The molecular weight excluding hydrogens is 253 g/mol. The van der Waals surface area contributed by atoms with E-state index in [2.05, 4.69) is 33.0 Å².